The molecule has 10 nitrogen and oxygen atoms in total. The summed E-state index contributed by atoms with van der Waals surface area (Å²) in [6, 6.07) is 7.09. The highest BCUT2D eigenvalue weighted by molar-refractivity contribution is 7.92. The number of aromatic nitrogens is 2. The standard InChI is InChI=1S/C26H34N6O4S/c1-18-14-23-29-24(33)21-6-5-20(32-12-13-36-17-37(32,34)35)15-22(21)31-11-9-26(7-8-26)19(16-31)4-2-3-10-27-25(28-18)30-23/h5-6,14-15,19H,2-4,7-13,16-17H2,1H3,(H2,27,28,29,30,33)/t19-/m0/s1. The number of nitrogens with zero attached hydrogens (tertiary/aromatic N) is 4. The average molecular weight is 527 g/mol. The van der Waals surface area contributed by atoms with Crippen molar-refractivity contribution in [1.29, 1.82) is 0 Å². The first kappa shape index (κ1) is 24.4. The van der Waals surface area contributed by atoms with Gasteiger partial charge in [-0.05, 0) is 68.6 Å². The average Bonchev–Trinajstić information content (AvgIpc) is 3.63. The molecule has 1 spiro atoms. The molecule has 1 aromatic carbocycles. The van der Waals surface area contributed by atoms with Crippen LogP contribution in [0.4, 0.5) is 23.1 Å². The summed E-state index contributed by atoms with van der Waals surface area (Å²) in [4.78, 5) is 24.9. The minimum Gasteiger partial charge on any atom is -0.371 e. The first-order chi connectivity index (χ1) is 17.8. The Morgan fingerprint density at radius 3 is 2.78 bits per heavy atom. The molecule has 1 saturated carbocycles. The second-order valence-corrected chi connectivity index (χ2v) is 12.6. The van der Waals surface area contributed by atoms with E-state index in [1.165, 1.54) is 17.1 Å². The molecular weight excluding hydrogens is 492 g/mol. The maximum atomic E-state index is 13.6. The molecule has 1 amide bonds. The molecule has 0 unspecified atom stereocenters. The molecule has 2 N–H and O–H groups in total. The lowest BCUT2D eigenvalue weighted by Gasteiger charge is -2.41. The zero-order valence-corrected chi connectivity index (χ0v) is 22.0. The second-order valence-electron chi connectivity index (χ2n) is 10.8. The zero-order valence-electron chi connectivity index (χ0n) is 21.2. The van der Waals surface area contributed by atoms with Crippen LogP contribution >= 0.6 is 0 Å². The van der Waals surface area contributed by atoms with E-state index < -0.39 is 10.0 Å². The van der Waals surface area contributed by atoms with Crippen molar-refractivity contribution in [1.82, 2.24) is 9.97 Å². The third-order valence-corrected chi connectivity index (χ3v) is 9.83. The van der Waals surface area contributed by atoms with Gasteiger partial charge in [0, 0.05) is 31.4 Å². The van der Waals surface area contributed by atoms with Gasteiger partial charge < -0.3 is 20.3 Å². The molecule has 1 atom stereocenters. The fourth-order valence-corrected chi connectivity index (χ4v) is 7.34. The molecule has 2 saturated heterocycles. The smallest absolute Gasteiger partial charge is 0.259 e. The van der Waals surface area contributed by atoms with Crippen LogP contribution in [0.5, 0.6) is 0 Å². The Balaban J connectivity index is 1.41. The van der Waals surface area contributed by atoms with Gasteiger partial charge in [-0.2, -0.15) is 4.98 Å². The number of piperidine rings is 1. The van der Waals surface area contributed by atoms with E-state index in [1.807, 2.05) is 13.0 Å². The van der Waals surface area contributed by atoms with Crippen molar-refractivity contribution in [2.75, 3.05) is 58.6 Å². The van der Waals surface area contributed by atoms with Crippen molar-refractivity contribution in [3.63, 3.8) is 0 Å². The molecule has 4 bridgehead atoms. The van der Waals surface area contributed by atoms with Crippen LogP contribution in [0.3, 0.4) is 0 Å². The molecule has 198 valence electrons. The van der Waals surface area contributed by atoms with Crippen LogP contribution in [0.15, 0.2) is 24.3 Å². The van der Waals surface area contributed by atoms with E-state index in [0.29, 0.717) is 41.0 Å². The summed E-state index contributed by atoms with van der Waals surface area (Å²) < 4.78 is 32.1. The number of nitrogens with one attached hydrogen (secondary N) is 2. The van der Waals surface area contributed by atoms with Gasteiger partial charge >= 0.3 is 0 Å². The van der Waals surface area contributed by atoms with Crippen LogP contribution in [0.2, 0.25) is 0 Å². The topological polar surface area (TPSA) is 117 Å². The first-order valence-corrected chi connectivity index (χ1v) is 14.8. The number of amides is 1. The van der Waals surface area contributed by atoms with Gasteiger partial charge in [-0.15, -0.1) is 0 Å². The number of carbonyl (C=O) groups is 1. The molecule has 6 rings (SSSR count). The minimum atomic E-state index is -3.57. The summed E-state index contributed by atoms with van der Waals surface area (Å²) in [6.07, 6.45) is 6.94. The normalized spacial score (nSPS) is 24.8. The lowest BCUT2D eigenvalue weighted by molar-refractivity contribution is 0.102. The number of fused-ring (bicyclic) bond motifs is 7. The van der Waals surface area contributed by atoms with Crippen LogP contribution in [0.1, 0.15) is 54.6 Å². The van der Waals surface area contributed by atoms with Crippen molar-refractivity contribution >= 4 is 39.1 Å². The summed E-state index contributed by atoms with van der Waals surface area (Å²) in [5.41, 5.74) is 3.05. The third kappa shape index (κ3) is 4.86. The number of ether oxygens (including phenoxy) is 1. The molecule has 0 radical (unpaired) electrons. The van der Waals surface area contributed by atoms with Crippen LogP contribution in [-0.2, 0) is 14.8 Å². The van der Waals surface area contributed by atoms with Crippen LogP contribution < -0.4 is 19.8 Å². The molecule has 11 heteroatoms. The number of anilines is 4. The second kappa shape index (κ2) is 9.43. The largest absolute Gasteiger partial charge is 0.371 e. The SMILES string of the molecule is Cc1cc2nc(n1)NCCCC[C@H]1CN(CCC13CC3)c1cc(N3CCOCS3(=O)=O)ccc1C(=O)N2. The van der Waals surface area contributed by atoms with E-state index in [9.17, 15) is 13.2 Å². The Hall–Kier alpha value is -2.92. The Morgan fingerprint density at radius 1 is 1.11 bits per heavy atom. The summed E-state index contributed by atoms with van der Waals surface area (Å²) in [7, 11) is -3.57. The Bertz CT molecular complexity index is 1310. The van der Waals surface area contributed by atoms with Gasteiger partial charge in [0.15, 0.2) is 5.94 Å². The van der Waals surface area contributed by atoms with Crippen LogP contribution in [0.25, 0.3) is 0 Å². The van der Waals surface area contributed by atoms with Gasteiger partial charge in [0.05, 0.1) is 30.1 Å². The van der Waals surface area contributed by atoms with Crippen molar-refractivity contribution in [2.45, 2.75) is 45.4 Å². The maximum absolute atomic E-state index is 13.6. The third-order valence-electron chi connectivity index (χ3n) is 8.30. The summed E-state index contributed by atoms with van der Waals surface area (Å²) in [5, 5.41) is 6.27. The predicted octanol–water partition coefficient (Wildman–Crippen LogP) is 3.36. The number of aryl methyl sites for hydroxylation is 1. The lowest BCUT2D eigenvalue weighted by atomic mass is 9.79. The molecular formula is C26H34N6O4S. The van der Waals surface area contributed by atoms with E-state index >= 15 is 0 Å². The van der Waals surface area contributed by atoms with E-state index in [-0.39, 0.29) is 18.4 Å². The molecule has 1 aromatic heterocycles. The molecule has 3 aliphatic heterocycles. The summed E-state index contributed by atoms with van der Waals surface area (Å²) in [5.74, 6) is 0.905. The van der Waals surface area contributed by atoms with Crippen molar-refractivity contribution < 1.29 is 17.9 Å². The van der Waals surface area contributed by atoms with Crippen molar-refractivity contribution in [3.8, 4) is 0 Å². The Kier molecular flexibility index (Phi) is 6.22. The quantitative estimate of drug-likeness (QED) is 0.581. The van der Waals surface area contributed by atoms with Gasteiger partial charge in [-0.25, -0.2) is 13.4 Å². The summed E-state index contributed by atoms with van der Waals surface area (Å²) >= 11 is 0. The highest BCUT2D eigenvalue weighted by Crippen LogP contribution is 2.58. The molecule has 2 aromatic rings. The monoisotopic (exact) mass is 526 g/mol. The Morgan fingerprint density at radius 2 is 1.97 bits per heavy atom. The highest BCUT2D eigenvalue weighted by atomic mass is 32.2. The van der Waals surface area contributed by atoms with Crippen LogP contribution in [-0.4, -0.2) is 63.0 Å². The number of hydrogen-bond donors (Lipinski definition) is 2. The minimum absolute atomic E-state index is 0.259. The lowest BCUT2D eigenvalue weighted by Crippen LogP contribution is -2.43. The van der Waals surface area contributed by atoms with Gasteiger partial charge in [-0.1, -0.05) is 6.42 Å². The summed E-state index contributed by atoms with van der Waals surface area (Å²) in [6.45, 7) is 5.00. The number of sulfonamides is 1. The van der Waals surface area contributed by atoms with Crippen LogP contribution in [0, 0.1) is 18.3 Å². The van der Waals surface area contributed by atoms with Gasteiger partial charge in [0.25, 0.3) is 15.9 Å². The predicted molar refractivity (Wildman–Crippen MR) is 143 cm³/mol. The first-order valence-electron chi connectivity index (χ1n) is 13.2. The molecule has 4 aliphatic rings. The highest BCUT2D eigenvalue weighted by Gasteiger charge is 2.51. The molecule has 1 aliphatic carbocycles. The maximum Gasteiger partial charge on any atom is 0.259 e. The molecule has 4 heterocycles. The van der Waals surface area contributed by atoms with E-state index in [1.54, 1.807) is 18.2 Å². The van der Waals surface area contributed by atoms with Gasteiger partial charge in [0.2, 0.25) is 5.95 Å². The van der Waals surface area contributed by atoms with Gasteiger partial charge in [-0.3, -0.25) is 9.10 Å². The fraction of sp³-hybridized carbons (Fsp3) is 0.577. The van der Waals surface area contributed by atoms with Crippen molar-refractivity contribution in [2.24, 2.45) is 11.3 Å². The zero-order chi connectivity index (χ0) is 25.6. The number of carbonyl (C=O) groups excluding carboxylic acids is 1. The molecule has 37 heavy (non-hydrogen) atoms. The number of rotatable bonds is 1. The number of benzene rings is 1. The fourth-order valence-electron chi connectivity index (χ4n) is 6.09. The van der Waals surface area contributed by atoms with E-state index in [2.05, 4.69) is 25.5 Å². The Labute approximate surface area is 217 Å². The number of hydrogen-bond acceptors (Lipinski definition) is 8. The van der Waals surface area contributed by atoms with Gasteiger partial charge in [0.1, 0.15) is 5.82 Å². The molecule has 3 fully saturated rings. The van der Waals surface area contributed by atoms with E-state index in [0.717, 1.165) is 56.7 Å². The van der Waals surface area contributed by atoms with E-state index in [4.69, 9.17) is 4.74 Å². The van der Waals surface area contributed by atoms with Crippen molar-refractivity contribution in [3.05, 3.63) is 35.5 Å².